The number of pyridine rings is 1. The van der Waals surface area contributed by atoms with Gasteiger partial charge in [-0.1, -0.05) is 11.2 Å². The number of aliphatic carboxylic acids is 1. The zero-order valence-corrected chi connectivity index (χ0v) is 9.58. The highest BCUT2D eigenvalue weighted by molar-refractivity contribution is 6.36. The van der Waals surface area contributed by atoms with Crippen LogP contribution in [0.25, 0.3) is 0 Å². The summed E-state index contributed by atoms with van der Waals surface area (Å²) in [4.78, 5) is 31.2. The molecule has 1 aliphatic heterocycles. The number of carbonyl (C=O) groups is 2. The van der Waals surface area contributed by atoms with Crippen molar-refractivity contribution in [3.63, 3.8) is 0 Å². The number of aryl methyl sites for hydroxylation is 1. The van der Waals surface area contributed by atoms with Crippen molar-refractivity contribution in [2.75, 3.05) is 5.32 Å². The Hall–Kier alpha value is -2.44. The van der Waals surface area contributed by atoms with Crippen molar-refractivity contribution >= 4 is 23.4 Å². The number of hydrogen-bond acceptors (Lipinski definition) is 5. The van der Waals surface area contributed by atoms with Crippen molar-refractivity contribution in [3.8, 4) is 0 Å². The lowest BCUT2D eigenvalue weighted by atomic mass is 10.2. The number of anilines is 1. The zero-order chi connectivity index (χ0) is 13.1. The average molecular weight is 249 g/mol. The van der Waals surface area contributed by atoms with Gasteiger partial charge in [-0.3, -0.25) is 4.79 Å². The first-order valence-electron chi connectivity index (χ1n) is 5.27. The van der Waals surface area contributed by atoms with Gasteiger partial charge in [0.1, 0.15) is 5.82 Å². The van der Waals surface area contributed by atoms with Gasteiger partial charge in [0.15, 0.2) is 5.71 Å². The molecule has 1 aliphatic rings. The topological polar surface area (TPSA) is 101 Å². The third-order valence-corrected chi connectivity index (χ3v) is 2.35. The van der Waals surface area contributed by atoms with Crippen LogP contribution in [0.5, 0.6) is 0 Å². The van der Waals surface area contributed by atoms with E-state index in [0.29, 0.717) is 5.82 Å². The summed E-state index contributed by atoms with van der Waals surface area (Å²) in [5.74, 6) is -1.25. The summed E-state index contributed by atoms with van der Waals surface area (Å²) in [6, 6.07) is 5.19. The van der Waals surface area contributed by atoms with Crippen molar-refractivity contribution in [3.05, 3.63) is 23.9 Å². The van der Waals surface area contributed by atoms with Gasteiger partial charge in [0, 0.05) is 12.1 Å². The lowest BCUT2D eigenvalue weighted by Gasteiger charge is -2.08. The number of aromatic nitrogens is 1. The SMILES string of the molecule is Cc1cccc(NC(=O)C2CC(C(=O)O)=NO2)n1. The molecule has 1 amide bonds. The number of oxime groups is 1. The van der Waals surface area contributed by atoms with Crippen LogP contribution in [-0.2, 0) is 14.4 Å². The molecule has 2 heterocycles. The second-order valence-electron chi connectivity index (χ2n) is 3.79. The smallest absolute Gasteiger partial charge is 0.353 e. The Morgan fingerprint density at radius 2 is 2.28 bits per heavy atom. The Bertz CT molecular complexity index is 527. The number of nitrogens with zero attached hydrogens (tertiary/aromatic N) is 2. The molecular weight excluding hydrogens is 238 g/mol. The van der Waals surface area contributed by atoms with Crippen molar-refractivity contribution in [1.29, 1.82) is 0 Å². The first kappa shape index (κ1) is 12.0. The molecule has 2 rings (SSSR count). The highest BCUT2D eigenvalue weighted by atomic mass is 16.6. The second-order valence-corrected chi connectivity index (χ2v) is 3.79. The van der Waals surface area contributed by atoms with Crippen LogP contribution in [0.3, 0.4) is 0 Å². The number of carboxylic acid groups (broad SMARTS) is 1. The van der Waals surface area contributed by atoms with Gasteiger partial charge in [0.2, 0.25) is 6.10 Å². The number of hydrogen-bond donors (Lipinski definition) is 2. The van der Waals surface area contributed by atoms with E-state index in [0.717, 1.165) is 5.69 Å². The van der Waals surface area contributed by atoms with Crippen molar-refractivity contribution in [1.82, 2.24) is 4.98 Å². The van der Waals surface area contributed by atoms with E-state index in [9.17, 15) is 9.59 Å². The second kappa shape index (κ2) is 4.82. The number of nitrogens with one attached hydrogen (secondary N) is 1. The van der Waals surface area contributed by atoms with E-state index in [-0.39, 0.29) is 12.1 Å². The molecule has 2 N–H and O–H groups in total. The third-order valence-electron chi connectivity index (χ3n) is 2.35. The highest BCUT2D eigenvalue weighted by Crippen LogP contribution is 2.13. The minimum atomic E-state index is -1.18. The molecule has 18 heavy (non-hydrogen) atoms. The first-order valence-corrected chi connectivity index (χ1v) is 5.27. The van der Waals surface area contributed by atoms with Crippen molar-refractivity contribution in [2.45, 2.75) is 19.4 Å². The molecular formula is C11H11N3O4. The lowest BCUT2D eigenvalue weighted by Crippen LogP contribution is -2.29. The van der Waals surface area contributed by atoms with Gasteiger partial charge in [0.05, 0.1) is 0 Å². The van der Waals surface area contributed by atoms with Gasteiger partial charge in [-0.15, -0.1) is 0 Å². The molecule has 0 bridgehead atoms. The molecule has 0 spiro atoms. The van der Waals surface area contributed by atoms with Crippen LogP contribution in [-0.4, -0.2) is 33.8 Å². The van der Waals surface area contributed by atoms with Gasteiger partial charge in [-0.25, -0.2) is 9.78 Å². The van der Waals surface area contributed by atoms with Gasteiger partial charge in [0.25, 0.3) is 5.91 Å². The molecule has 1 atom stereocenters. The van der Waals surface area contributed by atoms with Crippen LogP contribution in [0.2, 0.25) is 0 Å². The first-order chi connectivity index (χ1) is 8.56. The Morgan fingerprint density at radius 3 is 2.89 bits per heavy atom. The highest BCUT2D eigenvalue weighted by Gasteiger charge is 2.31. The van der Waals surface area contributed by atoms with Crippen molar-refractivity contribution < 1.29 is 19.5 Å². The summed E-state index contributed by atoms with van der Waals surface area (Å²) in [6.45, 7) is 1.80. The monoisotopic (exact) mass is 249 g/mol. The normalized spacial score (nSPS) is 17.8. The van der Waals surface area contributed by atoms with Crippen LogP contribution in [0, 0.1) is 6.92 Å². The standard InChI is InChI=1S/C11H11N3O4/c1-6-3-2-4-9(12-6)13-10(15)8-5-7(11(16)17)14-18-8/h2-4,8H,5H2,1H3,(H,16,17)(H,12,13,15). The summed E-state index contributed by atoms with van der Waals surface area (Å²) >= 11 is 0. The van der Waals surface area contributed by atoms with E-state index in [1.807, 2.05) is 0 Å². The van der Waals surface area contributed by atoms with Crippen molar-refractivity contribution in [2.24, 2.45) is 5.16 Å². The minimum Gasteiger partial charge on any atom is -0.477 e. The molecule has 0 radical (unpaired) electrons. The van der Waals surface area contributed by atoms with Crippen LogP contribution < -0.4 is 5.32 Å². The fourth-order valence-electron chi connectivity index (χ4n) is 1.46. The Balaban J connectivity index is 1.96. The molecule has 1 aromatic rings. The summed E-state index contributed by atoms with van der Waals surface area (Å²) in [5, 5.41) is 14.6. The summed E-state index contributed by atoms with van der Waals surface area (Å²) in [5.41, 5.74) is 0.606. The molecule has 94 valence electrons. The maximum Gasteiger partial charge on any atom is 0.353 e. The molecule has 0 fully saturated rings. The molecule has 7 heteroatoms. The van der Waals surface area contributed by atoms with Gasteiger partial charge in [-0.2, -0.15) is 0 Å². The zero-order valence-electron chi connectivity index (χ0n) is 9.58. The van der Waals surface area contributed by atoms with E-state index >= 15 is 0 Å². The minimum absolute atomic E-state index is 0.0486. The largest absolute Gasteiger partial charge is 0.477 e. The molecule has 0 aromatic carbocycles. The quantitative estimate of drug-likeness (QED) is 0.815. The van der Waals surface area contributed by atoms with Crippen LogP contribution in [0.15, 0.2) is 23.4 Å². The molecule has 0 aliphatic carbocycles. The number of carbonyl (C=O) groups excluding carboxylic acids is 1. The summed E-state index contributed by atoms with van der Waals surface area (Å²) in [7, 11) is 0. The molecule has 1 unspecified atom stereocenters. The van der Waals surface area contributed by atoms with Crippen LogP contribution >= 0.6 is 0 Å². The molecule has 7 nitrogen and oxygen atoms in total. The summed E-state index contributed by atoms with van der Waals surface area (Å²) < 4.78 is 0. The number of carboxylic acids is 1. The predicted molar refractivity (Wildman–Crippen MR) is 62.2 cm³/mol. The maximum absolute atomic E-state index is 11.8. The number of amides is 1. The Morgan fingerprint density at radius 1 is 1.50 bits per heavy atom. The fourth-order valence-corrected chi connectivity index (χ4v) is 1.46. The van der Waals surface area contributed by atoms with Gasteiger partial charge in [-0.05, 0) is 19.1 Å². The summed E-state index contributed by atoms with van der Waals surface area (Å²) in [6.07, 6.45) is -0.967. The Labute approximate surface area is 102 Å². The molecule has 1 aromatic heterocycles. The average Bonchev–Trinajstić information content (AvgIpc) is 2.78. The van der Waals surface area contributed by atoms with Gasteiger partial charge < -0.3 is 15.3 Å². The molecule has 0 saturated heterocycles. The fraction of sp³-hybridized carbons (Fsp3) is 0.273. The van der Waals surface area contributed by atoms with E-state index in [1.165, 1.54) is 0 Å². The Kier molecular flexibility index (Phi) is 3.22. The van der Waals surface area contributed by atoms with E-state index in [4.69, 9.17) is 9.94 Å². The lowest BCUT2D eigenvalue weighted by molar-refractivity contribution is -0.129. The van der Waals surface area contributed by atoms with E-state index < -0.39 is 18.0 Å². The van der Waals surface area contributed by atoms with Crippen LogP contribution in [0.1, 0.15) is 12.1 Å². The molecule has 0 saturated carbocycles. The number of rotatable bonds is 3. The van der Waals surface area contributed by atoms with E-state index in [1.54, 1.807) is 25.1 Å². The predicted octanol–water partition coefficient (Wildman–Crippen LogP) is 0.558. The maximum atomic E-state index is 11.8. The third kappa shape index (κ3) is 2.62. The van der Waals surface area contributed by atoms with E-state index in [2.05, 4.69) is 15.5 Å². The van der Waals surface area contributed by atoms with Crippen LogP contribution in [0.4, 0.5) is 5.82 Å². The van der Waals surface area contributed by atoms with Gasteiger partial charge >= 0.3 is 5.97 Å².